The maximum absolute atomic E-state index is 13.6. The molecule has 2 aromatic rings. The van der Waals surface area contributed by atoms with Gasteiger partial charge in [-0.15, -0.1) is 0 Å². The van der Waals surface area contributed by atoms with Crippen molar-refractivity contribution in [2.45, 2.75) is 13.0 Å². The van der Waals surface area contributed by atoms with Crippen LogP contribution in [-0.4, -0.2) is 0 Å². The minimum absolute atomic E-state index is 0.176. The molecule has 1 atom stereocenters. The van der Waals surface area contributed by atoms with E-state index in [0.29, 0.717) is 11.6 Å². The van der Waals surface area contributed by atoms with Crippen molar-refractivity contribution in [1.29, 1.82) is 0 Å². The quantitative estimate of drug-likeness (QED) is 0.508. The van der Waals surface area contributed by atoms with Gasteiger partial charge < -0.3 is 5.32 Å². The number of hydrogen-bond acceptors (Lipinski definition) is 1. The third kappa shape index (κ3) is 3.39. The molecule has 1 unspecified atom stereocenters. The Morgan fingerprint density at radius 2 is 1.52 bits per heavy atom. The molecular weight excluding hydrogens is 346 g/mol. The van der Waals surface area contributed by atoms with Gasteiger partial charge in [0.2, 0.25) is 0 Å². The van der Waals surface area contributed by atoms with Crippen molar-refractivity contribution in [3.05, 3.63) is 62.3 Å². The molecule has 1 N–H and O–H groups in total. The molecular formula is C14H9Cl3F3N. The molecule has 1 nitrogen and oxygen atoms in total. The Balaban J connectivity index is 2.32. The third-order valence-electron chi connectivity index (χ3n) is 2.91. The Labute approximate surface area is 134 Å². The predicted octanol–water partition coefficient (Wildman–Crippen LogP) is 6.24. The maximum atomic E-state index is 13.6. The largest absolute Gasteiger partial charge is 0.376 e. The molecule has 0 aromatic heterocycles. The van der Waals surface area contributed by atoms with E-state index < -0.39 is 23.5 Å². The summed E-state index contributed by atoms with van der Waals surface area (Å²) in [6.45, 7) is 1.67. The lowest BCUT2D eigenvalue weighted by Gasteiger charge is -2.18. The normalized spacial score (nSPS) is 12.3. The second-order valence-electron chi connectivity index (χ2n) is 4.38. The zero-order valence-corrected chi connectivity index (χ0v) is 12.9. The van der Waals surface area contributed by atoms with Gasteiger partial charge in [0.1, 0.15) is 5.82 Å². The van der Waals surface area contributed by atoms with Gasteiger partial charge in [0.05, 0.1) is 26.8 Å². The number of anilines is 1. The first kappa shape index (κ1) is 16.3. The highest BCUT2D eigenvalue weighted by atomic mass is 35.5. The molecule has 0 spiro atoms. The van der Waals surface area contributed by atoms with Gasteiger partial charge in [-0.25, -0.2) is 13.2 Å². The number of rotatable bonds is 3. The van der Waals surface area contributed by atoms with Crippen LogP contribution in [0.2, 0.25) is 15.1 Å². The van der Waals surface area contributed by atoms with E-state index in [4.69, 9.17) is 34.8 Å². The van der Waals surface area contributed by atoms with Gasteiger partial charge in [-0.1, -0.05) is 40.9 Å². The van der Waals surface area contributed by atoms with Crippen LogP contribution in [0.4, 0.5) is 18.9 Å². The first-order valence-corrected chi connectivity index (χ1v) is 6.99. The van der Waals surface area contributed by atoms with E-state index in [1.165, 1.54) is 0 Å². The van der Waals surface area contributed by atoms with E-state index in [1.807, 2.05) is 0 Å². The van der Waals surface area contributed by atoms with Crippen LogP contribution in [0.5, 0.6) is 0 Å². The lowest BCUT2D eigenvalue weighted by Crippen LogP contribution is -2.09. The van der Waals surface area contributed by atoms with Crippen molar-refractivity contribution in [3.8, 4) is 0 Å². The Hall–Kier alpha value is -1.10. The van der Waals surface area contributed by atoms with Crippen molar-refractivity contribution >= 4 is 40.5 Å². The molecule has 0 saturated carbocycles. The molecule has 0 fully saturated rings. The second-order valence-corrected chi connectivity index (χ2v) is 5.54. The number of nitrogens with one attached hydrogen (secondary N) is 1. The van der Waals surface area contributed by atoms with Crippen LogP contribution in [-0.2, 0) is 0 Å². The van der Waals surface area contributed by atoms with Crippen LogP contribution < -0.4 is 5.32 Å². The van der Waals surface area contributed by atoms with Gasteiger partial charge >= 0.3 is 0 Å². The molecule has 0 aliphatic rings. The monoisotopic (exact) mass is 353 g/mol. The molecule has 2 rings (SSSR count). The highest BCUT2D eigenvalue weighted by molar-refractivity contribution is 6.48. The molecule has 0 aliphatic carbocycles. The van der Waals surface area contributed by atoms with Gasteiger partial charge in [0.25, 0.3) is 0 Å². The minimum Gasteiger partial charge on any atom is -0.376 e. The molecule has 0 heterocycles. The van der Waals surface area contributed by atoms with Crippen molar-refractivity contribution in [1.82, 2.24) is 0 Å². The summed E-state index contributed by atoms with van der Waals surface area (Å²) >= 11 is 17.8. The van der Waals surface area contributed by atoms with Crippen LogP contribution in [0, 0.1) is 17.5 Å². The summed E-state index contributed by atoms with van der Waals surface area (Å²) in [7, 11) is 0. The van der Waals surface area contributed by atoms with Crippen molar-refractivity contribution in [2.24, 2.45) is 0 Å². The van der Waals surface area contributed by atoms with Crippen molar-refractivity contribution in [3.63, 3.8) is 0 Å². The Kier molecular flexibility index (Phi) is 4.91. The van der Waals surface area contributed by atoms with Crippen LogP contribution >= 0.6 is 34.8 Å². The lowest BCUT2D eigenvalue weighted by atomic mass is 10.1. The number of hydrogen-bond donors (Lipinski definition) is 1. The summed E-state index contributed by atoms with van der Waals surface area (Å²) in [5, 5.41) is 3.39. The van der Waals surface area contributed by atoms with E-state index in [0.717, 1.165) is 6.07 Å². The lowest BCUT2D eigenvalue weighted by molar-refractivity contribution is 0.495. The van der Waals surface area contributed by atoms with Crippen LogP contribution in [0.3, 0.4) is 0 Å². The van der Waals surface area contributed by atoms with E-state index in [-0.39, 0.29) is 20.8 Å². The molecule has 0 amide bonds. The molecule has 2 aromatic carbocycles. The smallest absolute Gasteiger partial charge is 0.161 e. The van der Waals surface area contributed by atoms with E-state index in [9.17, 15) is 13.2 Å². The zero-order chi connectivity index (χ0) is 15.7. The fraction of sp³-hybridized carbons (Fsp3) is 0.143. The van der Waals surface area contributed by atoms with Gasteiger partial charge in [-0.05, 0) is 18.6 Å². The SMILES string of the molecule is CC(Nc1cc(F)c(F)cc1F)c1ccc(Cl)c(Cl)c1Cl. The van der Waals surface area contributed by atoms with Gasteiger partial charge in [-0.2, -0.15) is 0 Å². The molecule has 0 aliphatic heterocycles. The van der Waals surface area contributed by atoms with Gasteiger partial charge in [0.15, 0.2) is 11.6 Å². The minimum atomic E-state index is -1.25. The summed E-state index contributed by atoms with van der Waals surface area (Å²) in [4.78, 5) is 0. The highest BCUT2D eigenvalue weighted by Gasteiger charge is 2.17. The van der Waals surface area contributed by atoms with E-state index >= 15 is 0 Å². The Morgan fingerprint density at radius 3 is 2.19 bits per heavy atom. The summed E-state index contributed by atoms with van der Waals surface area (Å²) in [5.74, 6) is -3.30. The second kappa shape index (κ2) is 6.34. The molecule has 7 heteroatoms. The fourth-order valence-electron chi connectivity index (χ4n) is 1.82. The molecule has 0 bridgehead atoms. The van der Waals surface area contributed by atoms with Crippen LogP contribution in [0.25, 0.3) is 0 Å². The Morgan fingerprint density at radius 1 is 0.905 bits per heavy atom. The summed E-state index contributed by atoms with van der Waals surface area (Å²) in [5.41, 5.74) is 0.374. The topological polar surface area (TPSA) is 12.0 Å². The average Bonchev–Trinajstić information content (AvgIpc) is 2.42. The predicted molar refractivity (Wildman–Crippen MR) is 79.8 cm³/mol. The maximum Gasteiger partial charge on any atom is 0.161 e. The molecule has 21 heavy (non-hydrogen) atoms. The molecule has 112 valence electrons. The fourth-order valence-corrected chi connectivity index (χ4v) is 2.53. The van der Waals surface area contributed by atoms with Gasteiger partial charge in [0, 0.05) is 12.1 Å². The highest BCUT2D eigenvalue weighted by Crippen LogP contribution is 2.36. The van der Waals surface area contributed by atoms with E-state index in [2.05, 4.69) is 5.32 Å². The summed E-state index contributed by atoms with van der Waals surface area (Å²) in [6.07, 6.45) is 0. The van der Waals surface area contributed by atoms with E-state index in [1.54, 1.807) is 19.1 Å². The number of benzene rings is 2. The van der Waals surface area contributed by atoms with Crippen LogP contribution in [0.15, 0.2) is 24.3 Å². The molecule has 0 radical (unpaired) electrons. The van der Waals surface area contributed by atoms with Crippen molar-refractivity contribution < 1.29 is 13.2 Å². The summed E-state index contributed by atoms with van der Waals surface area (Å²) < 4.78 is 39.6. The van der Waals surface area contributed by atoms with Gasteiger partial charge in [-0.3, -0.25) is 0 Å². The Bertz CT molecular complexity index is 692. The summed E-state index contributed by atoms with van der Waals surface area (Å²) in [6, 6.07) is 3.89. The zero-order valence-electron chi connectivity index (χ0n) is 10.7. The standard InChI is InChI=1S/C14H9Cl3F3N/c1-6(7-2-3-8(15)14(17)13(7)16)21-12-5-10(19)9(18)4-11(12)20/h2-6,21H,1H3. The first-order valence-electron chi connectivity index (χ1n) is 5.85. The number of halogens is 6. The third-order valence-corrected chi connectivity index (χ3v) is 4.22. The molecule has 0 saturated heterocycles. The first-order chi connectivity index (χ1) is 9.81. The van der Waals surface area contributed by atoms with Crippen LogP contribution in [0.1, 0.15) is 18.5 Å². The average molecular weight is 355 g/mol. The van der Waals surface area contributed by atoms with Crippen molar-refractivity contribution in [2.75, 3.05) is 5.32 Å².